The number of anilines is 1. The van der Waals surface area contributed by atoms with E-state index in [0.717, 1.165) is 25.9 Å². The van der Waals surface area contributed by atoms with Gasteiger partial charge in [-0.15, -0.1) is 0 Å². The van der Waals surface area contributed by atoms with Crippen LogP contribution >= 0.6 is 12.2 Å². The maximum absolute atomic E-state index is 14.0. The fourth-order valence-electron chi connectivity index (χ4n) is 2.27. The summed E-state index contributed by atoms with van der Waals surface area (Å²) in [7, 11) is 0. The Hall–Kier alpha value is -1.16. The molecular formula is C14H19FN2S. The molecule has 1 aliphatic heterocycles. The average Bonchev–Trinajstić information content (AvgIpc) is 2.29. The number of hydrogen-bond donors (Lipinski definition) is 1. The molecule has 4 heteroatoms. The number of thiocarbonyl (C=S) groups is 1. The third-order valence-electron chi connectivity index (χ3n) is 3.69. The zero-order valence-corrected chi connectivity index (χ0v) is 11.7. The maximum atomic E-state index is 14.0. The number of rotatable bonds is 2. The van der Waals surface area contributed by atoms with Crippen molar-refractivity contribution in [3.05, 3.63) is 29.6 Å². The van der Waals surface area contributed by atoms with Gasteiger partial charge in [0.15, 0.2) is 0 Å². The molecule has 0 spiro atoms. The van der Waals surface area contributed by atoms with E-state index in [9.17, 15) is 4.39 Å². The van der Waals surface area contributed by atoms with Crippen LogP contribution in [0.2, 0.25) is 0 Å². The number of nitrogens with two attached hydrogens (primary N) is 1. The average molecular weight is 266 g/mol. The van der Waals surface area contributed by atoms with E-state index >= 15 is 0 Å². The zero-order valence-electron chi connectivity index (χ0n) is 10.9. The lowest BCUT2D eigenvalue weighted by Gasteiger charge is -2.38. The van der Waals surface area contributed by atoms with Gasteiger partial charge in [0.2, 0.25) is 0 Å². The number of piperidine rings is 1. The molecule has 0 unspecified atom stereocenters. The van der Waals surface area contributed by atoms with Crippen LogP contribution in [0.5, 0.6) is 0 Å². The topological polar surface area (TPSA) is 29.3 Å². The molecule has 1 aliphatic rings. The number of halogens is 1. The van der Waals surface area contributed by atoms with Crippen LogP contribution in [-0.2, 0) is 0 Å². The highest BCUT2D eigenvalue weighted by molar-refractivity contribution is 7.80. The van der Waals surface area contributed by atoms with E-state index in [0.29, 0.717) is 16.7 Å². The van der Waals surface area contributed by atoms with Crippen molar-refractivity contribution in [3.8, 4) is 0 Å². The lowest BCUT2D eigenvalue weighted by Crippen LogP contribution is -2.37. The normalized spacial score (nSPS) is 18.7. The van der Waals surface area contributed by atoms with Crippen molar-refractivity contribution in [1.82, 2.24) is 0 Å². The maximum Gasteiger partial charge on any atom is 0.147 e. The summed E-state index contributed by atoms with van der Waals surface area (Å²) >= 11 is 4.85. The van der Waals surface area contributed by atoms with Crippen LogP contribution in [0, 0.1) is 11.2 Å². The molecule has 1 heterocycles. The van der Waals surface area contributed by atoms with Gasteiger partial charge in [-0.1, -0.05) is 26.1 Å². The molecule has 2 rings (SSSR count). The molecule has 0 radical (unpaired) electrons. The van der Waals surface area contributed by atoms with Crippen molar-refractivity contribution < 1.29 is 4.39 Å². The largest absolute Gasteiger partial charge is 0.389 e. The summed E-state index contributed by atoms with van der Waals surface area (Å²) in [5.74, 6) is -0.236. The van der Waals surface area contributed by atoms with Gasteiger partial charge in [0.05, 0.1) is 5.69 Å². The summed E-state index contributed by atoms with van der Waals surface area (Å²) in [6.07, 6.45) is 2.17. The Morgan fingerprint density at radius 2 is 1.94 bits per heavy atom. The smallest absolute Gasteiger partial charge is 0.147 e. The van der Waals surface area contributed by atoms with Gasteiger partial charge in [-0.2, -0.15) is 0 Å². The lowest BCUT2D eigenvalue weighted by atomic mass is 9.82. The predicted octanol–water partition coefficient (Wildman–Crippen LogP) is 3.09. The molecule has 0 saturated carbocycles. The first-order chi connectivity index (χ1) is 8.39. The first kappa shape index (κ1) is 13.3. The summed E-state index contributed by atoms with van der Waals surface area (Å²) in [4.78, 5) is 2.34. The first-order valence-electron chi connectivity index (χ1n) is 6.23. The molecule has 18 heavy (non-hydrogen) atoms. The van der Waals surface area contributed by atoms with Crippen LogP contribution in [0.1, 0.15) is 32.3 Å². The second-order valence-corrected chi connectivity index (χ2v) is 6.12. The van der Waals surface area contributed by atoms with E-state index in [-0.39, 0.29) is 10.8 Å². The second-order valence-electron chi connectivity index (χ2n) is 5.68. The minimum Gasteiger partial charge on any atom is -0.389 e. The molecule has 2 nitrogen and oxygen atoms in total. The molecule has 98 valence electrons. The zero-order chi connectivity index (χ0) is 13.3. The van der Waals surface area contributed by atoms with Crippen molar-refractivity contribution in [2.24, 2.45) is 11.1 Å². The number of nitrogens with zero attached hydrogens (tertiary/aromatic N) is 1. The van der Waals surface area contributed by atoms with Gasteiger partial charge in [0, 0.05) is 18.7 Å². The van der Waals surface area contributed by atoms with Crippen LogP contribution in [-0.4, -0.2) is 18.1 Å². The highest BCUT2D eigenvalue weighted by Gasteiger charge is 2.26. The quantitative estimate of drug-likeness (QED) is 0.834. The summed E-state index contributed by atoms with van der Waals surface area (Å²) in [6, 6.07) is 5.00. The van der Waals surface area contributed by atoms with E-state index in [2.05, 4.69) is 18.7 Å². The third-order valence-corrected chi connectivity index (χ3v) is 3.93. The summed E-state index contributed by atoms with van der Waals surface area (Å²) in [5.41, 5.74) is 7.11. The number of hydrogen-bond acceptors (Lipinski definition) is 2. The van der Waals surface area contributed by atoms with E-state index in [4.69, 9.17) is 18.0 Å². The molecule has 0 bridgehead atoms. The third kappa shape index (κ3) is 2.80. The lowest BCUT2D eigenvalue weighted by molar-refractivity contribution is 0.279. The van der Waals surface area contributed by atoms with Crippen LogP contribution in [0.15, 0.2) is 18.2 Å². The molecule has 1 saturated heterocycles. The standard InChI is InChI=1S/C14H19FN2S/c1-14(2)5-7-17(8-6-14)12-4-3-10(13(16)18)9-11(12)15/h3-4,9H,5-8H2,1-2H3,(H2,16,18). The Balaban J connectivity index is 2.17. The van der Waals surface area contributed by atoms with Crippen molar-refractivity contribution in [1.29, 1.82) is 0 Å². The highest BCUT2D eigenvalue weighted by Crippen LogP contribution is 2.33. The SMILES string of the molecule is CC1(C)CCN(c2ccc(C(N)=S)cc2F)CC1. The Morgan fingerprint density at radius 1 is 1.33 bits per heavy atom. The summed E-state index contributed by atoms with van der Waals surface area (Å²) in [5, 5.41) is 0. The Morgan fingerprint density at radius 3 is 2.44 bits per heavy atom. The van der Waals surface area contributed by atoms with E-state index in [1.807, 2.05) is 0 Å². The van der Waals surface area contributed by atoms with Gasteiger partial charge in [0.25, 0.3) is 0 Å². The van der Waals surface area contributed by atoms with Gasteiger partial charge in [-0.25, -0.2) is 4.39 Å². The molecule has 0 atom stereocenters. The molecular weight excluding hydrogens is 247 g/mol. The molecule has 0 amide bonds. The fraction of sp³-hybridized carbons (Fsp3) is 0.500. The Kier molecular flexibility index (Phi) is 3.57. The summed E-state index contributed by atoms with van der Waals surface area (Å²) < 4.78 is 14.0. The van der Waals surface area contributed by atoms with E-state index in [1.165, 1.54) is 6.07 Å². The van der Waals surface area contributed by atoms with Crippen LogP contribution in [0.25, 0.3) is 0 Å². The minimum absolute atomic E-state index is 0.236. The minimum atomic E-state index is -0.236. The van der Waals surface area contributed by atoms with Gasteiger partial charge in [-0.05, 0) is 36.5 Å². The first-order valence-corrected chi connectivity index (χ1v) is 6.64. The van der Waals surface area contributed by atoms with Crippen molar-refractivity contribution in [3.63, 3.8) is 0 Å². The van der Waals surface area contributed by atoms with Crippen LogP contribution in [0.4, 0.5) is 10.1 Å². The van der Waals surface area contributed by atoms with E-state index in [1.54, 1.807) is 12.1 Å². The monoisotopic (exact) mass is 266 g/mol. The predicted molar refractivity (Wildman–Crippen MR) is 77.5 cm³/mol. The van der Waals surface area contributed by atoms with Crippen molar-refractivity contribution in [2.45, 2.75) is 26.7 Å². The molecule has 0 aliphatic carbocycles. The molecule has 1 fully saturated rings. The Bertz CT molecular complexity index is 461. The van der Waals surface area contributed by atoms with Gasteiger partial charge in [0.1, 0.15) is 10.8 Å². The molecule has 0 aromatic heterocycles. The second kappa shape index (κ2) is 4.84. The van der Waals surface area contributed by atoms with Gasteiger partial charge >= 0.3 is 0 Å². The fourth-order valence-corrected chi connectivity index (χ4v) is 2.40. The number of benzene rings is 1. The van der Waals surface area contributed by atoms with Crippen LogP contribution in [0.3, 0.4) is 0 Å². The molecule has 1 aromatic rings. The molecule has 2 N–H and O–H groups in total. The Labute approximate surface area is 113 Å². The molecule has 1 aromatic carbocycles. The van der Waals surface area contributed by atoms with Crippen molar-refractivity contribution >= 4 is 22.9 Å². The van der Waals surface area contributed by atoms with Gasteiger partial charge < -0.3 is 10.6 Å². The van der Waals surface area contributed by atoms with E-state index < -0.39 is 0 Å². The van der Waals surface area contributed by atoms with Gasteiger partial charge in [-0.3, -0.25) is 0 Å². The highest BCUT2D eigenvalue weighted by atomic mass is 32.1. The van der Waals surface area contributed by atoms with Crippen LogP contribution < -0.4 is 10.6 Å². The van der Waals surface area contributed by atoms with Crippen molar-refractivity contribution in [2.75, 3.05) is 18.0 Å². The summed E-state index contributed by atoms with van der Waals surface area (Å²) in [6.45, 7) is 6.32.